The van der Waals surface area contributed by atoms with Crippen molar-refractivity contribution in [1.29, 1.82) is 5.26 Å². The van der Waals surface area contributed by atoms with E-state index in [-0.39, 0.29) is 45.2 Å². The molecule has 0 fully saturated rings. The molecule has 224 valence electrons. The van der Waals surface area contributed by atoms with Crippen molar-refractivity contribution >= 4 is 40.8 Å². The Balaban J connectivity index is 1.45. The highest BCUT2D eigenvalue weighted by Gasteiger charge is 2.32. The molecule has 1 aliphatic heterocycles. The molecule has 8 nitrogen and oxygen atoms in total. The molecule has 0 saturated heterocycles. The van der Waals surface area contributed by atoms with Crippen molar-refractivity contribution in [2.24, 2.45) is 5.73 Å². The second-order valence-electron chi connectivity index (χ2n) is 9.51. The second kappa shape index (κ2) is 13.4. The number of hydrogen-bond donors (Lipinski definition) is 1. The molecule has 1 atom stereocenters. The number of methoxy groups -OCH3 is 1. The molecule has 1 unspecified atom stereocenters. The molecule has 2 N–H and O–H groups in total. The summed E-state index contributed by atoms with van der Waals surface area (Å²) in [7, 11) is 1.42. The number of rotatable bonds is 9. The molecule has 0 aliphatic carbocycles. The maximum absolute atomic E-state index is 12.9. The lowest BCUT2D eigenvalue weighted by Crippen LogP contribution is -2.21. The van der Waals surface area contributed by atoms with E-state index in [1.807, 2.05) is 31.2 Å². The molecule has 1 aliphatic rings. The molecule has 4 aromatic carbocycles. The fraction of sp³-hybridized carbons (Fsp3) is 0.152. The average molecular weight is 652 g/mol. The minimum absolute atomic E-state index is 0.0702. The Morgan fingerprint density at radius 2 is 1.70 bits per heavy atom. The van der Waals surface area contributed by atoms with Crippen molar-refractivity contribution in [3.63, 3.8) is 0 Å². The summed E-state index contributed by atoms with van der Waals surface area (Å²) in [6.07, 6.45) is 0. The predicted octanol–water partition coefficient (Wildman–Crippen LogP) is 8.07. The summed E-state index contributed by atoms with van der Waals surface area (Å²) in [5.41, 5.74) is 8.74. The Morgan fingerprint density at radius 3 is 2.39 bits per heavy atom. The number of nitrogens with zero attached hydrogens (tertiary/aromatic N) is 1. The van der Waals surface area contributed by atoms with Crippen LogP contribution in [0.25, 0.3) is 0 Å². The van der Waals surface area contributed by atoms with Crippen LogP contribution in [0.3, 0.4) is 0 Å². The third-order valence-corrected chi connectivity index (χ3v) is 7.71. The van der Waals surface area contributed by atoms with E-state index in [1.165, 1.54) is 25.3 Å². The highest BCUT2D eigenvalue weighted by Crippen LogP contribution is 2.45. The fourth-order valence-electron chi connectivity index (χ4n) is 4.74. The summed E-state index contributed by atoms with van der Waals surface area (Å²) >= 11 is 18.7. The molecular weight excluding hydrogens is 627 g/mol. The van der Waals surface area contributed by atoms with Crippen LogP contribution in [0.4, 0.5) is 0 Å². The van der Waals surface area contributed by atoms with Crippen LogP contribution in [0.1, 0.15) is 39.9 Å². The van der Waals surface area contributed by atoms with Crippen molar-refractivity contribution < 1.29 is 28.5 Å². The summed E-state index contributed by atoms with van der Waals surface area (Å²) in [6.45, 7) is 2.49. The molecule has 0 bridgehead atoms. The predicted molar refractivity (Wildman–Crippen MR) is 167 cm³/mol. The maximum Gasteiger partial charge on any atom is 0.343 e. The lowest BCUT2D eigenvalue weighted by molar-refractivity contribution is 0.0734. The number of allylic oxidation sites excluding steroid dienone is 1. The van der Waals surface area contributed by atoms with Crippen LogP contribution in [0, 0.1) is 11.3 Å². The van der Waals surface area contributed by atoms with E-state index in [1.54, 1.807) is 30.3 Å². The number of fused-ring (bicyclic) bond motifs is 1. The number of ether oxygens (including phenoxy) is 5. The first-order valence-corrected chi connectivity index (χ1v) is 14.5. The lowest BCUT2D eigenvalue weighted by atomic mass is 9.83. The Kier molecular flexibility index (Phi) is 9.40. The van der Waals surface area contributed by atoms with E-state index < -0.39 is 11.9 Å². The summed E-state index contributed by atoms with van der Waals surface area (Å²) < 4.78 is 28.5. The van der Waals surface area contributed by atoms with Crippen molar-refractivity contribution in [3.8, 4) is 34.8 Å². The van der Waals surface area contributed by atoms with Gasteiger partial charge in [-0.25, -0.2) is 4.79 Å². The Hall–Kier alpha value is -4.55. The number of esters is 1. The monoisotopic (exact) mass is 650 g/mol. The molecule has 44 heavy (non-hydrogen) atoms. The molecule has 1 heterocycles. The van der Waals surface area contributed by atoms with Crippen molar-refractivity contribution in [2.75, 3.05) is 13.7 Å². The molecular formula is C33H25Cl3N2O6. The summed E-state index contributed by atoms with van der Waals surface area (Å²) in [6, 6.07) is 22.6. The van der Waals surface area contributed by atoms with Gasteiger partial charge in [0.2, 0.25) is 5.88 Å². The Bertz CT molecular complexity index is 1790. The fourth-order valence-corrected chi connectivity index (χ4v) is 5.58. The van der Waals surface area contributed by atoms with Gasteiger partial charge in [0.15, 0.2) is 17.2 Å². The van der Waals surface area contributed by atoms with Gasteiger partial charge in [-0.3, -0.25) is 0 Å². The summed E-state index contributed by atoms with van der Waals surface area (Å²) in [5, 5.41) is 11.0. The van der Waals surface area contributed by atoms with E-state index in [0.717, 1.165) is 11.1 Å². The normalized spacial score (nSPS) is 13.8. The molecule has 4 aromatic rings. The van der Waals surface area contributed by atoms with Crippen LogP contribution < -0.4 is 29.4 Å². The maximum atomic E-state index is 12.9. The molecule has 0 spiro atoms. The topological polar surface area (TPSA) is 113 Å². The molecule has 11 heteroatoms. The third-order valence-electron chi connectivity index (χ3n) is 6.78. The van der Waals surface area contributed by atoms with Gasteiger partial charge < -0.3 is 29.4 Å². The number of carbonyl (C=O) groups is 1. The number of carbonyl (C=O) groups excluding carboxylic acids is 1. The van der Waals surface area contributed by atoms with Gasteiger partial charge >= 0.3 is 5.97 Å². The first-order valence-electron chi connectivity index (χ1n) is 13.3. The van der Waals surface area contributed by atoms with Gasteiger partial charge in [-0.1, -0.05) is 65.1 Å². The van der Waals surface area contributed by atoms with Crippen LogP contribution in [0.2, 0.25) is 15.1 Å². The number of hydrogen-bond acceptors (Lipinski definition) is 8. The molecule has 0 radical (unpaired) electrons. The van der Waals surface area contributed by atoms with Crippen molar-refractivity contribution in [1.82, 2.24) is 0 Å². The molecule has 0 amide bonds. The summed E-state index contributed by atoms with van der Waals surface area (Å²) in [5.74, 6) is 0.396. The second-order valence-corrected chi connectivity index (χ2v) is 10.7. The zero-order valence-corrected chi connectivity index (χ0v) is 25.8. The van der Waals surface area contributed by atoms with Gasteiger partial charge in [-0.15, -0.1) is 0 Å². The van der Waals surface area contributed by atoms with Gasteiger partial charge in [0.25, 0.3) is 0 Å². The van der Waals surface area contributed by atoms with Crippen LogP contribution in [-0.2, 0) is 6.61 Å². The smallest absolute Gasteiger partial charge is 0.343 e. The van der Waals surface area contributed by atoms with Crippen LogP contribution >= 0.6 is 34.8 Å². The third kappa shape index (κ3) is 6.36. The summed E-state index contributed by atoms with van der Waals surface area (Å²) in [4.78, 5) is 12.9. The van der Waals surface area contributed by atoms with Gasteiger partial charge in [0, 0.05) is 22.2 Å². The van der Waals surface area contributed by atoms with Crippen molar-refractivity contribution in [3.05, 3.63) is 122 Å². The van der Waals surface area contributed by atoms with Crippen molar-refractivity contribution in [2.45, 2.75) is 19.4 Å². The van der Waals surface area contributed by atoms with Gasteiger partial charge in [0.05, 0.1) is 35.2 Å². The Morgan fingerprint density at radius 1 is 0.955 bits per heavy atom. The number of nitrogens with two attached hydrogens (primary N) is 1. The van der Waals surface area contributed by atoms with Crippen LogP contribution in [0.15, 0.2) is 84.3 Å². The SMILES string of the molecule is CCOc1cc(C2C(C#N)=C(N)Oc3cc(OC(=O)c4cc(Cl)c(OC)c(Cl)c4)ccc32)ccc1OCc1ccccc1Cl. The van der Waals surface area contributed by atoms with Gasteiger partial charge in [-0.05, 0) is 48.9 Å². The minimum atomic E-state index is -0.696. The van der Waals surface area contributed by atoms with Gasteiger partial charge in [0.1, 0.15) is 29.7 Å². The lowest BCUT2D eigenvalue weighted by Gasteiger charge is -2.27. The molecule has 0 saturated carbocycles. The minimum Gasteiger partial charge on any atom is -0.494 e. The average Bonchev–Trinajstić information content (AvgIpc) is 3.00. The number of benzene rings is 4. The number of halogens is 3. The van der Waals surface area contributed by atoms with Gasteiger partial charge in [-0.2, -0.15) is 5.26 Å². The highest BCUT2D eigenvalue weighted by molar-refractivity contribution is 6.37. The zero-order valence-electron chi connectivity index (χ0n) is 23.5. The van der Waals surface area contributed by atoms with E-state index in [0.29, 0.717) is 34.4 Å². The van der Waals surface area contributed by atoms with E-state index >= 15 is 0 Å². The van der Waals surface area contributed by atoms with E-state index in [9.17, 15) is 10.1 Å². The largest absolute Gasteiger partial charge is 0.494 e. The Labute approximate surface area is 269 Å². The molecule has 0 aromatic heterocycles. The number of nitriles is 1. The van der Waals surface area contributed by atoms with Crippen LogP contribution in [0.5, 0.6) is 28.7 Å². The van der Waals surface area contributed by atoms with E-state index in [2.05, 4.69) is 6.07 Å². The highest BCUT2D eigenvalue weighted by atomic mass is 35.5. The zero-order chi connectivity index (χ0) is 31.4. The first kappa shape index (κ1) is 30.9. The quantitative estimate of drug-likeness (QED) is 0.143. The first-order chi connectivity index (χ1) is 21.2. The standard InChI is InChI=1S/C33H25Cl3N2O6/c1-3-41-29-14-18(8-11-27(29)42-17-19-6-4-5-7-24(19)34)30-22-10-9-21(15-28(22)44-32(38)23(30)16-37)43-33(39)20-12-25(35)31(40-2)26(36)13-20/h4-15,30H,3,17,38H2,1-2H3. The van der Waals surface area contributed by atoms with Crippen LogP contribution in [-0.4, -0.2) is 19.7 Å². The molecule has 5 rings (SSSR count). The van der Waals surface area contributed by atoms with E-state index in [4.69, 9.17) is 64.2 Å².